The Balaban J connectivity index is 1.64. The fraction of sp³-hybridized carbons (Fsp3) is 0.700. The van der Waals surface area contributed by atoms with Gasteiger partial charge in [0.05, 0.1) is 28.8 Å². The zero-order chi connectivity index (χ0) is 10.9. The van der Waals surface area contributed by atoms with Gasteiger partial charge in [-0.3, -0.25) is 4.79 Å². The van der Waals surface area contributed by atoms with Crippen LogP contribution >= 0.6 is 11.8 Å². The highest BCUT2D eigenvalue weighted by molar-refractivity contribution is 8.02. The van der Waals surface area contributed by atoms with Gasteiger partial charge in [0.15, 0.2) is 0 Å². The number of β-lactam (4-membered cyclic amide) rings is 1. The van der Waals surface area contributed by atoms with Crippen LogP contribution in [0.25, 0.3) is 0 Å². The number of fused-ring (bicyclic) bond motifs is 1. The molecule has 1 aromatic heterocycles. The third-order valence-electron chi connectivity index (χ3n) is 4.10. The molecule has 1 amide bonds. The van der Waals surface area contributed by atoms with Gasteiger partial charge in [-0.05, 0) is 13.3 Å². The number of carbonyl (C=O) groups is 1. The molecule has 4 atom stereocenters. The monoisotopic (exact) mass is 236 g/mol. The van der Waals surface area contributed by atoms with E-state index in [4.69, 9.17) is 0 Å². The van der Waals surface area contributed by atoms with E-state index in [9.17, 15) is 4.79 Å². The van der Waals surface area contributed by atoms with Gasteiger partial charge in [0.25, 0.3) is 0 Å². The van der Waals surface area contributed by atoms with Crippen LogP contribution < -0.4 is 0 Å². The lowest BCUT2D eigenvalue weighted by atomic mass is 10.1. The van der Waals surface area contributed by atoms with Crippen LogP contribution in [0.4, 0.5) is 0 Å². The first-order chi connectivity index (χ1) is 7.72. The Morgan fingerprint density at radius 1 is 1.62 bits per heavy atom. The summed E-state index contributed by atoms with van der Waals surface area (Å²) in [7, 11) is 0. The molecule has 5 nitrogen and oxygen atoms in total. The summed E-state index contributed by atoms with van der Waals surface area (Å²) < 4.78 is 2.16. The highest BCUT2D eigenvalue weighted by atomic mass is 32.2. The molecule has 1 aliphatic carbocycles. The predicted octanol–water partition coefficient (Wildman–Crippen LogP) is 0.655. The van der Waals surface area contributed by atoms with Gasteiger partial charge in [-0.1, -0.05) is 5.21 Å². The van der Waals surface area contributed by atoms with E-state index in [-0.39, 0.29) is 4.75 Å². The van der Waals surface area contributed by atoms with Crippen LogP contribution in [0.2, 0.25) is 0 Å². The minimum absolute atomic E-state index is 0.213. The van der Waals surface area contributed by atoms with Gasteiger partial charge in [-0.2, -0.15) is 0 Å². The quantitative estimate of drug-likeness (QED) is 0.672. The number of nitrogens with zero attached hydrogens (tertiary/aromatic N) is 4. The van der Waals surface area contributed by atoms with Crippen molar-refractivity contribution in [1.82, 2.24) is 19.9 Å². The summed E-state index contributed by atoms with van der Waals surface area (Å²) in [6.45, 7) is 2.17. The average molecular weight is 236 g/mol. The lowest BCUT2D eigenvalue weighted by Crippen LogP contribution is -2.51. The number of rotatable bonds is 1. The van der Waals surface area contributed by atoms with E-state index in [2.05, 4.69) is 17.2 Å². The second-order valence-electron chi connectivity index (χ2n) is 4.81. The first kappa shape index (κ1) is 9.04. The normalized spacial score (nSPS) is 44.7. The van der Waals surface area contributed by atoms with Crippen molar-refractivity contribution in [3.05, 3.63) is 12.4 Å². The van der Waals surface area contributed by atoms with Crippen LogP contribution in [0.5, 0.6) is 0 Å². The standard InChI is InChI=1S/C10H12N4OS/c1-6-10(16-9-4-8(15)14(6)9)5-7(10)13-3-2-11-12-13/h2-3,6-7,9H,4-5H2,1H3/t6-,7+,9?,10?/m0/s1. The summed E-state index contributed by atoms with van der Waals surface area (Å²) in [5.41, 5.74) is 0. The first-order valence-corrected chi connectivity index (χ1v) is 6.45. The minimum atomic E-state index is 0.213. The molecular weight excluding hydrogens is 224 g/mol. The Bertz CT molecular complexity index is 461. The van der Waals surface area contributed by atoms with Crippen molar-refractivity contribution in [1.29, 1.82) is 0 Å². The fourth-order valence-electron chi connectivity index (χ4n) is 3.07. The van der Waals surface area contributed by atoms with E-state index >= 15 is 0 Å². The van der Waals surface area contributed by atoms with Crippen LogP contribution in [-0.2, 0) is 4.79 Å². The topological polar surface area (TPSA) is 51.0 Å². The molecule has 3 aliphatic rings. The molecule has 1 aromatic rings. The maximum absolute atomic E-state index is 11.5. The van der Waals surface area contributed by atoms with Crippen molar-refractivity contribution in [2.24, 2.45) is 0 Å². The van der Waals surface area contributed by atoms with Crippen LogP contribution in [-0.4, -0.2) is 42.0 Å². The lowest BCUT2D eigenvalue weighted by Gasteiger charge is -2.36. The number of amides is 1. The molecule has 1 spiro atoms. The summed E-state index contributed by atoms with van der Waals surface area (Å²) in [6.07, 6.45) is 5.48. The molecule has 84 valence electrons. The van der Waals surface area contributed by atoms with Gasteiger partial charge < -0.3 is 4.90 Å². The summed E-state index contributed by atoms with van der Waals surface area (Å²) in [4.78, 5) is 13.6. The Morgan fingerprint density at radius 2 is 2.50 bits per heavy atom. The maximum atomic E-state index is 11.5. The maximum Gasteiger partial charge on any atom is 0.226 e. The van der Waals surface area contributed by atoms with E-state index in [1.165, 1.54) is 0 Å². The van der Waals surface area contributed by atoms with Gasteiger partial charge in [-0.15, -0.1) is 16.9 Å². The molecule has 0 radical (unpaired) electrons. The zero-order valence-electron chi connectivity index (χ0n) is 8.91. The van der Waals surface area contributed by atoms with E-state index in [1.807, 2.05) is 27.5 Å². The summed E-state index contributed by atoms with van der Waals surface area (Å²) in [5.74, 6) is 0.311. The van der Waals surface area contributed by atoms with Crippen molar-refractivity contribution in [3.63, 3.8) is 0 Å². The van der Waals surface area contributed by atoms with Crippen LogP contribution in [0.15, 0.2) is 12.4 Å². The highest BCUT2D eigenvalue weighted by Gasteiger charge is 2.70. The van der Waals surface area contributed by atoms with Gasteiger partial charge in [0.1, 0.15) is 0 Å². The number of hydrogen-bond acceptors (Lipinski definition) is 4. The number of hydrogen-bond donors (Lipinski definition) is 0. The SMILES string of the molecule is C[C@@H]1N2C(=O)CC2SC12C[C@H]2n1ccnn1. The summed E-state index contributed by atoms with van der Waals surface area (Å²) in [6, 6.07) is 0.770. The van der Waals surface area contributed by atoms with E-state index < -0.39 is 0 Å². The third-order valence-corrected chi connectivity index (χ3v) is 5.99. The average Bonchev–Trinajstić information content (AvgIpc) is 2.66. The molecule has 0 bridgehead atoms. The van der Waals surface area contributed by atoms with E-state index in [0.717, 1.165) is 12.8 Å². The van der Waals surface area contributed by atoms with Gasteiger partial charge in [-0.25, -0.2) is 4.68 Å². The fourth-order valence-corrected chi connectivity index (χ4v) is 5.05. The Kier molecular flexibility index (Phi) is 1.48. The van der Waals surface area contributed by atoms with E-state index in [0.29, 0.717) is 23.4 Å². The number of aromatic nitrogens is 3. The Hall–Kier alpha value is -1.04. The number of thioether (sulfide) groups is 1. The second-order valence-corrected chi connectivity index (χ2v) is 6.35. The molecule has 3 heterocycles. The van der Waals surface area contributed by atoms with Crippen molar-refractivity contribution < 1.29 is 4.79 Å². The van der Waals surface area contributed by atoms with Gasteiger partial charge in [0, 0.05) is 12.2 Å². The smallest absolute Gasteiger partial charge is 0.226 e. The molecule has 2 aliphatic heterocycles. The molecule has 0 aromatic carbocycles. The summed E-state index contributed by atoms with van der Waals surface area (Å²) >= 11 is 1.96. The zero-order valence-corrected chi connectivity index (χ0v) is 9.72. The molecule has 16 heavy (non-hydrogen) atoms. The summed E-state index contributed by atoms with van der Waals surface area (Å²) in [5, 5.41) is 8.35. The molecule has 4 rings (SSSR count). The molecule has 6 heteroatoms. The Morgan fingerprint density at radius 3 is 3.12 bits per heavy atom. The second kappa shape index (κ2) is 2.61. The molecule has 3 fully saturated rings. The highest BCUT2D eigenvalue weighted by Crippen LogP contribution is 2.68. The molecule has 1 saturated carbocycles. The molecular formula is C10H12N4OS. The number of carbonyl (C=O) groups excluding carboxylic acids is 1. The Labute approximate surface area is 97.2 Å². The van der Waals surface area contributed by atoms with Crippen LogP contribution in [0.3, 0.4) is 0 Å². The molecule has 2 saturated heterocycles. The van der Waals surface area contributed by atoms with Crippen molar-refractivity contribution in [3.8, 4) is 0 Å². The minimum Gasteiger partial charge on any atom is -0.326 e. The third kappa shape index (κ3) is 0.878. The predicted molar refractivity (Wildman–Crippen MR) is 58.7 cm³/mol. The van der Waals surface area contributed by atoms with Crippen molar-refractivity contribution in [2.75, 3.05) is 0 Å². The van der Waals surface area contributed by atoms with Gasteiger partial charge in [0.2, 0.25) is 5.91 Å². The lowest BCUT2D eigenvalue weighted by molar-refractivity contribution is -0.143. The van der Waals surface area contributed by atoms with E-state index in [1.54, 1.807) is 6.20 Å². The largest absolute Gasteiger partial charge is 0.326 e. The molecule has 2 unspecified atom stereocenters. The first-order valence-electron chi connectivity index (χ1n) is 5.57. The van der Waals surface area contributed by atoms with Crippen molar-refractivity contribution in [2.45, 2.75) is 42.0 Å². The van der Waals surface area contributed by atoms with Crippen molar-refractivity contribution >= 4 is 17.7 Å². The molecule has 0 N–H and O–H groups in total. The van der Waals surface area contributed by atoms with Crippen LogP contribution in [0.1, 0.15) is 25.8 Å². The van der Waals surface area contributed by atoms with Gasteiger partial charge >= 0.3 is 0 Å². The van der Waals surface area contributed by atoms with Crippen LogP contribution in [0, 0.1) is 0 Å².